The van der Waals surface area contributed by atoms with Crippen LogP contribution in [0.25, 0.3) is 0 Å². The van der Waals surface area contributed by atoms with E-state index in [9.17, 15) is 0 Å². The maximum absolute atomic E-state index is 3.69. The zero-order valence-electron chi connectivity index (χ0n) is 9.91. The van der Waals surface area contributed by atoms with Gasteiger partial charge in [0, 0.05) is 23.1 Å². The molecule has 1 heterocycles. The first-order valence-electron chi connectivity index (χ1n) is 5.85. The van der Waals surface area contributed by atoms with Crippen LogP contribution in [0.1, 0.15) is 24.9 Å². The molecule has 0 amide bonds. The SMILES string of the molecule is CC(NC1CCN(C)C1)c1ccc(Br)cc1. The lowest BCUT2D eigenvalue weighted by Crippen LogP contribution is -2.33. The molecule has 0 spiro atoms. The summed E-state index contributed by atoms with van der Waals surface area (Å²) in [5.41, 5.74) is 1.36. The zero-order valence-corrected chi connectivity index (χ0v) is 11.5. The number of hydrogen-bond acceptors (Lipinski definition) is 2. The molecule has 1 aliphatic rings. The molecule has 0 saturated carbocycles. The number of likely N-dealkylation sites (N-methyl/N-ethyl adjacent to an activating group) is 1. The summed E-state index contributed by atoms with van der Waals surface area (Å²) in [7, 11) is 2.19. The molecule has 2 nitrogen and oxygen atoms in total. The molecule has 16 heavy (non-hydrogen) atoms. The van der Waals surface area contributed by atoms with Crippen molar-refractivity contribution in [3.05, 3.63) is 34.3 Å². The largest absolute Gasteiger partial charge is 0.306 e. The van der Waals surface area contributed by atoms with Crippen molar-refractivity contribution in [2.45, 2.75) is 25.4 Å². The van der Waals surface area contributed by atoms with E-state index >= 15 is 0 Å². The van der Waals surface area contributed by atoms with Crippen molar-refractivity contribution in [3.63, 3.8) is 0 Å². The maximum atomic E-state index is 3.69. The van der Waals surface area contributed by atoms with Gasteiger partial charge >= 0.3 is 0 Å². The van der Waals surface area contributed by atoms with Gasteiger partial charge in [-0.25, -0.2) is 0 Å². The Balaban J connectivity index is 1.92. The molecule has 0 radical (unpaired) electrons. The van der Waals surface area contributed by atoms with E-state index in [0.717, 1.165) is 4.47 Å². The molecule has 1 saturated heterocycles. The Kier molecular flexibility index (Phi) is 4.00. The summed E-state index contributed by atoms with van der Waals surface area (Å²) in [6, 6.07) is 9.65. The van der Waals surface area contributed by atoms with Crippen molar-refractivity contribution in [2.75, 3.05) is 20.1 Å². The Labute approximate surface area is 106 Å². The molecule has 0 aromatic heterocycles. The molecule has 0 aliphatic carbocycles. The lowest BCUT2D eigenvalue weighted by atomic mass is 10.1. The van der Waals surface area contributed by atoms with E-state index in [2.05, 4.69) is 64.4 Å². The number of hydrogen-bond donors (Lipinski definition) is 1. The lowest BCUT2D eigenvalue weighted by molar-refractivity contribution is 0.387. The number of halogens is 1. The van der Waals surface area contributed by atoms with Crippen LogP contribution in [0.3, 0.4) is 0 Å². The molecule has 2 unspecified atom stereocenters. The molecule has 1 aromatic carbocycles. The van der Waals surface area contributed by atoms with Gasteiger partial charge in [0.15, 0.2) is 0 Å². The Morgan fingerprint density at radius 1 is 1.38 bits per heavy atom. The Bertz CT molecular complexity index is 336. The summed E-state index contributed by atoms with van der Waals surface area (Å²) < 4.78 is 1.14. The van der Waals surface area contributed by atoms with Gasteiger partial charge in [-0.1, -0.05) is 28.1 Å². The van der Waals surface area contributed by atoms with Crippen LogP contribution in [0.5, 0.6) is 0 Å². The van der Waals surface area contributed by atoms with Gasteiger partial charge in [-0.05, 0) is 44.6 Å². The second kappa shape index (κ2) is 5.30. The molecule has 3 heteroatoms. The summed E-state index contributed by atoms with van der Waals surface area (Å²) >= 11 is 3.46. The molecule has 1 aromatic rings. The van der Waals surface area contributed by atoms with E-state index in [1.54, 1.807) is 0 Å². The average Bonchev–Trinajstić information content (AvgIpc) is 2.65. The monoisotopic (exact) mass is 282 g/mol. The fraction of sp³-hybridized carbons (Fsp3) is 0.538. The number of benzene rings is 1. The Morgan fingerprint density at radius 3 is 2.62 bits per heavy atom. The third-order valence-corrected chi connectivity index (χ3v) is 3.78. The average molecular weight is 283 g/mol. The number of nitrogens with zero attached hydrogens (tertiary/aromatic N) is 1. The van der Waals surface area contributed by atoms with Crippen molar-refractivity contribution in [2.24, 2.45) is 0 Å². The number of rotatable bonds is 3. The minimum Gasteiger partial charge on any atom is -0.306 e. The minimum absolute atomic E-state index is 0.435. The van der Waals surface area contributed by atoms with E-state index < -0.39 is 0 Å². The highest BCUT2D eigenvalue weighted by Crippen LogP contribution is 2.18. The van der Waals surface area contributed by atoms with Crippen LogP contribution in [-0.2, 0) is 0 Å². The van der Waals surface area contributed by atoms with Crippen LogP contribution in [0.2, 0.25) is 0 Å². The maximum Gasteiger partial charge on any atom is 0.0294 e. The quantitative estimate of drug-likeness (QED) is 0.917. The standard InChI is InChI=1S/C13H19BrN2/c1-10(11-3-5-12(14)6-4-11)15-13-7-8-16(2)9-13/h3-6,10,13,15H,7-9H2,1-2H3. The summed E-state index contributed by atoms with van der Waals surface area (Å²) in [5, 5.41) is 3.69. The van der Waals surface area contributed by atoms with E-state index in [1.807, 2.05) is 0 Å². The molecule has 88 valence electrons. The fourth-order valence-corrected chi connectivity index (χ4v) is 2.54. The van der Waals surface area contributed by atoms with Crippen molar-refractivity contribution < 1.29 is 0 Å². The third kappa shape index (κ3) is 3.06. The van der Waals surface area contributed by atoms with Crippen molar-refractivity contribution in [3.8, 4) is 0 Å². The van der Waals surface area contributed by atoms with E-state index in [4.69, 9.17) is 0 Å². The van der Waals surface area contributed by atoms with Crippen LogP contribution < -0.4 is 5.32 Å². The van der Waals surface area contributed by atoms with Gasteiger partial charge in [-0.3, -0.25) is 0 Å². The summed E-state index contributed by atoms with van der Waals surface area (Å²) in [5.74, 6) is 0. The van der Waals surface area contributed by atoms with Gasteiger partial charge in [0.05, 0.1) is 0 Å². The molecular weight excluding hydrogens is 264 g/mol. The summed E-state index contributed by atoms with van der Waals surface area (Å²) in [6.07, 6.45) is 1.26. The summed E-state index contributed by atoms with van der Waals surface area (Å²) in [6.45, 7) is 4.62. The predicted molar refractivity (Wildman–Crippen MR) is 71.6 cm³/mol. The van der Waals surface area contributed by atoms with Gasteiger partial charge in [0.25, 0.3) is 0 Å². The summed E-state index contributed by atoms with van der Waals surface area (Å²) in [4.78, 5) is 2.38. The Morgan fingerprint density at radius 2 is 2.06 bits per heavy atom. The molecule has 1 N–H and O–H groups in total. The van der Waals surface area contributed by atoms with Crippen LogP contribution >= 0.6 is 15.9 Å². The van der Waals surface area contributed by atoms with Crippen molar-refractivity contribution in [1.82, 2.24) is 10.2 Å². The van der Waals surface area contributed by atoms with Gasteiger partial charge < -0.3 is 10.2 Å². The first-order valence-corrected chi connectivity index (χ1v) is 6.64. The first-order chi connectivity index (χ1) is 7.65. The smallest absolute Gasteiger partial charge is 0.0294 e. The van der Waals surface area contributed by atoms with Gasteiger partial charge in [0.2, 0.25) is 0 Å². The van der Waals surface area contributed by atoms with Gasteiger partial charge in [-0.15, -0.1) is 0 Å². The third-order valence-electron chi connectivity index (χ3n) is 3.25. The minimum atomic E-state index is 0.435. The van der Waals surface area contributed by atoms with Crippen LogP contribution in [0, 0.1) is 0 Å². The number of nitrogens with one attached hydrogen (secondary N) is 1. The van der Waals surface area contributed by atoms with Crippen LogP contribution in [0.4, 0.5) is 0 Å². The van der Waals surface area contributed by atoms with Crippen LogP contribution in [-0.4, -0.2) is 31.1 Å². The molecule has 1 fully saturated rings. The van der Waals surface area contributed by atoms with E-state index in [0.29, 0.717) is 12.1 Å². The second-order valence-corrected chi connectivity index (χ2v) is 5.60. The zero-order chi connectivity index (χ0) is 11.5. The lowest BCUT2D eigenvalue weighted by Gasteiger charge is -2.19. The normalized spacial score (nSPS) is 23.6. The van der Waals surface area contributed by atoms with Crippen molar-refractivity contribution in [1.29, 1.82) is 0 Å². The van der Waals surface area contributed by atoms with E-state index in [-0.39, 0.29) is 0 Å². The topological polar surface area (TPSA) is 15.3 Å². The van der Waals surface area contributed by atoms with Gasteiger partial charge in [0.1, 0.15) is 0 Å². The van der Waals surface area contributed by atoms with E-state index in [1.165, 1.54) is 25.1 Å². The fourth-order valence-electron chi connectivity index (χ4n) is 2.27. The van der Waals surface area contributed by atoms with Crippen molar-refractivity contribution >= 4 is 15.9 Å². The molecular formula is C13H19BrN2. The van der Waals surface area contributed by atoms with Crippen LogP contribution in [0.15, 0.2) is 28.7 Å². The molecule has 1 aliphatic heterocycles. The molecule has 2 rings (SSSR count). The molecule has 2 atom stereocenters. The second-order valence-electron chi connectivity index (χ2n) is 4.69. The highest BCUT2D eigenvalue weighted by Gasteiger charge is 2.20. The highest BCUT2D eigenvalue weighted by atomic mass is 79.9. The first kappa shape index (κ1) is 12.1. The number of likely N-dealkylation sites (tertiary alicyclic amines) is 1. The van der Waals surface area contributed by atoms with Gasteiger partial charge in [-0.2, -0.15) is 0 Å². The Hall–Kier alpha value is -0.380. The molecule has 0 bridgehead atoms. The predicted octanol–water partition coefficient (Wildman–Crippen LogP) is 2.80. The highest BCUT2D eigenvalue weighted by molar-refractivity contribution is 9.10.